The summed E-state index contributed by atoms with van der Waals surface area (Å²) in [6.45, 7) is 1.87. The quantitative estimate of drug-likeness (QED) is 0.714. The Hall–Kier alpha value is -3.68. The van der Waals surface area contributed by atoms with Gasteiger partial charge in [-0.05, 0) is 30.7 Å². The van der Waals surface area contributed by atoms with Crippen LogP contribution >= 0.6 is 0 Å². The van der Waals surface area contributed by atoms with Gasteiger partial charge in [0.15, 0.2) is 11.6 Å². The molecule has 2 heterocycles. The normalized spacial score (nSPS) is 10.3. The van der Waals surface area contributed by atoms with E-state index in [9.17, 15) is 14.0 Å². The molecule has 0 radical (unpaired) electrons. The largest absolute Gasteiger partial charge is 0.465 e. The van der Waals surface area contributed by atoms with Crippen molar-refractivity contribution >= 4 is 17.7 Å². The second-order valence-electron chi connectivity index (χ2n) is 5.62. The number of benzene rings is 1. The van der Waals surface area contributed by atoms with Crippen molar-refractivity contribution in [1.29, 1.82) is 0 Å². The van der Waals surface area contributed by atoms with Crippen LogP contribution in [-0.4, -0.2) is 33.9 Å². The van der Waals surface area contributed by atoms with Crippen molar-refractivity contribution in [3.05, 3.63) is 71.6 Å². The third-order valence-corrected chi connectivity index (χ3v) is 3.85. The minimum Gasteiger partial charge on any atom is -0.465 e. The first-order valence-electron chi connectivity index (χ1n) is 7.92. The number of esters is 1. The summed E-state index contributed by atoms with van der Waals surface area (Å²) in [5, 5.41) is 2.48. The molecule has 0 bridgehead atoms. The second kappa shape index (κ2) is 7.69. The first-order chi connectivity index (χ1) is 13.0. The zero-order chi connectivity index (χ0) is 19.4. The molecule has 0 saturated heterocycles. The number of anilines is 1. The smallest absolute Gasteiger partial charge is 0.337 e. The van der Waals surface area contributed by atoms with Crippen LogP contribution < -0.4 is 5.32 Å². The number of ether oxygens (including phenoxy) is 1. The Morgan fingerprint density at radius 3 is 2.59 bits per heavy atom. The molecule has 0 aliphatic rings. The SMILES string of the molecule is COC(=O)c1ccc(C)c(-c2cnc(NC(=O)c3ccncc3F)cn2)c1. The van der Waals surface area contributed by atoms with Gasteiger partial charge in [-0.2, -0.15) is 0 Å². The highest BCUT2D eigenvalue weighted by molar-refractivity contribution is 6.03. The highest BCUT2D eigenvalue weighted by Gasteiger charge is 2.14. The van der Waals surface area contributed by atoms with Gasteiger partial charge >= 0.3 is 5.97 Å². The molecule has 0 aliphatic carbocycles. The van der Waals surface area contributed by atoms with Crippen molar-refractivity contribution in [3.63, 3.8) is 0 Å². The van der Waals surface area contributed by atoms with Crippen LogP contribution in [-0.2, 0) is 4.74 Å². The number of pyridine rings is 1. The van der Waals surface area contributed by atoms with Crippen LogP contribution in [0.1, 0.15) is 26.3 Å². The van der Waals surface area contributed by atoms with E-state index in [0.29, 0.717) is 16.8 Å². The summed E-state index contributed by atoms with van der Waals surface area (Å²) in [7, 11) is 1.31. The molecular weight excluding hydrogens is 351 g/mol. The molecule has 1 amide bonds. The van der Waals surface area contributed by atoms with E-state index in [0.717, 1.165) is 11.8 Å². The molecule has 0 spiro atoms. The molecule has 1 aromatic carbocycles. The standard InChI is InChI=1S/C19H15FN4O3/c1-11-3-4-12(19(26)27-2)7-14(11)16-9-23-17(10-22-16)24-18(25)13-5-6-21-8-15(13)20/h3-10H,1-2H3,(H,23,24,25). The maximum Gasteiger partial charge on any atom is 0.337 e. The Bertz CT molecular complexity index is 1010. The van der Waals surface area contributed by atoms with E-state index in [-0.39, 0.29) is 11.4 Å². The monoisotopic (exact) mass is 366 g/mol. The number of hydrogen-bond donors (Lipinski definition) is 1. The minimum absolute atomic E-state index is 0.141. The summed E-state index contributed by atoms with van der Waals surface area (Å²) in [6, 6.07) is 6.38. The second-order valence-corrected chi connectivity index (χ2v) is 5.62. The van der Waals surface area contributed by atoms with Crippen LogP contribution in [0.25, 0.3) is 11.3 Å². The van der Waals surface area contributed by atoms with Crippen LogP contribution in [0.4, 0.5) is 10.2 Å². The summed E-state index contributed by atoms with van der Waals surface area (Å²) in [5.74, 6) is -1.66. The van der Waals surface area contributed by atoms with Gasteiger partial charge in [0.1, 0.15) is 0 Å². The average molecular weight is 366 g/mol. The van der Waals surface area contributed by atoms with Crippen LogP contribution in [0.5, 0.6) is 0 Å². The molecule has 0 aliphatic heterocycles. The molecule has 1 N–H and O–H groups in total. The van der Waals surface area contributed by atoms with Gasteiger partial charge in [0, 0.05) is 11.8 Å². The van der Waals surface area contributed by atoms with Gasteiger partial charge in [-0.3, -0.25) is 14.8 Å². The minimum atomic E-state index is -0.727. The van der Waals surface area contributed by atoms with Gasteiger partial charge in [-0.1, -0.05) is 6.07 Å². The van der Waals surface area contributed by atoms with E-state index in [1.807, 2.05) is 6.92 Å². The molecule has 2 aromatic heterocycles. The molecule has 0 unspecified atom stereocenters. The number of rotatable bonds is 4. The van der Waals surface area contributed by atoms with E-state index in [4.69, 9.17) is 4.74 Å². The summed E-state index contributed by atoms with van der Waals surface area (Å²) < 4.78 is 18.3. The predicted molar refractivity (Wildman–Crippen MR) is 95.7 cm³/mol. The summed E-state index contributed by atoms with van der Waals surface area (Å²) in [4.78, 5) is 35.8. The number of aromatic nitrogens is 3. The first-order valence-corrected chi connectivity index (χ1v) is 7.92. The third-order valence-electron chi connectivity index (χ3n) is 3.85. The maximum absolute atomic E-state index is 13.6. The number of aryl methyl sites for hydroxylation is 1. The molecule has 7 nitrogen and oxygen atoms in total. The van der Waals surface area contributed by atoms with Crippen molar-refractivity contribution in [2.45, 2.75) is 6.92 Å². The molecule has 3 rings (SSSR count). The summed E-state index contributed by atoms with van der Waals surface area (Å²) >= 11 is 0. The lowest BCUT2D eigenvalue weighted by atomic mass is 10.0. The molecule has 27 heavy (non-hydrogen) atoms. The van der Waals surface area contributed by atoms with Crippen LogP contribution in [0.2, 0.25) is 0 Å². The molecule has 0 saturated carbocycles. The third kappa shape index (κ3) is 3.95. The van der Waals surface area contributed by atoms with Crippen molar-refractivity contribution < 1.29 is 18.7 Å². The van der Waals surface area contributed by atoms with Gasteiger partial charge in [0.25, 0.3) is 5.91 Å². The number of methoxy groups -OCH3 is 1. The van der Waals surface area contributed by atoms with Crippen molar-refractivity contribution in [1.82, 2.24) is 15.0 Å². The van der Waals surface area contributed by atoms with E-state index < -0.39 is 17.7 Å². The van der Waals surface area contributed by atoms with Crippen molar-refractivity contribution in [2.75, 3.05) is 12.4 Å². The number of carbonyl (C=O) groups excluding carboxylic acids is 2. The summed E-state index contributed by atoms with van der Waals surface area (Å²) in [5.41, 5.74) is 2.38. The zero-order valence-corrected chi connectivity index (χ0v) is 14.6. The predicted octanol–water partition coefficient (Wildman–Crippen LogP) is 3.03. The van der Waals surface area contributed by atoms with Gasteiger partial charge in [0.05, 0.1) is 42.5 Å². The Morgan fingerprint density at radius 2 is 1.93 bits per heavy atom. The Labute approximate surface area is 154 Å². The number of nitrogens with zero attached hydrogens (tertiary/aromatic N) is 3. The van der Waals surface area contributed by atoms with E-state index in [2.05, 4.69) is 20.3 Å². The van der Waals surface area contributed by atoms with E-state index in [1.165, 1.54) is 31.8 Å². The van der Waals surface area contributed by atoms with Gasteiger partial charge in [0.2, 0.25) is 0 Å². The molecule has 8 heteroatoms. The van der Waals surface area contributed by atoms with Gasteiger partial charge < -0.3 is 10.1 Å². The molecular formula is C19H15FN4O3. The lowest BCUT2D eigenvalue weighted by molar-refractivity contribution is 0.0600. The number of hydrogen-bond acceptors (Lipinski definition) is 6. The number of nitrogens with one attached hydrogen (secondary N) is 1. The Kier molecular flexibility index (Phi) is 5.16. The number of carbonyl (C=O) groups is 2. The lowest BCUT2D eigenvalue weighted by Crippen LogP contribution is -2.15. The van der Waals surface area contributed by atoms with Crippen LogP contribution in [0.3, 0.4) is 0 Å². The van der Waals surface area contributed by atoms with E-state index in [1.54, 1.807) is 18.2 Å². The fourth-order valence-electron chi connectivity index (χ4n) is 2.42. The topological polar surface area (TPSA) is 94.1 Å². The molecule has 3 aromatic rings. The van der Waals surface area contributed by atoms with Crippen molar-refractivity contribution in [3.8, 4) is 11.3 Å². The number of halogens is 1. The lowest BCUT2D eigenvalue weighted by Gasteiger charge is -2.09. The Balaban J connectivity index is 1.83. The highest BCUT2D eigenvalue weighted by atomic mass is 19.1. The fourth-order valence-corrected chi connectivity index (χ4v) is 2.42. The molecule has 136 valence electrons. The Morgan fingerprint density at radius 1 is 1.11 bits per heavy atom. The van der Waals surface area contributed by atoms with E-state index >= 15 is 0 Å². The van der Waals surface area contributed by atoms with Crippen LogP contribution in [0.15, 0.2) is 49.1 Å². The van der Waals surface area contributed by atoms with Gasteiger partial charge in [-0.25, -0.2) is 14.2 Å². The van der Waals surface area contributed by atoms with Crippen LogP contribution in [0, 0.1) is 12.7 Å². The summed E-state index contributed by atoms with van der Waals surface area (Å²) in [6.07, 6.45) is 5.10. The maximum atomic E-state index is 13.6. The van der Waals surface area contributed by atoms with Crippen molar-refractivity contribution in [2.24, 2.45) is 0 Å². The fraction of sp³-hybridized carbons (Fsp3) is 0.105. The first kappa shape index (κ1) is 18.1. The highest BCUT2D eigenvalue weighted by Crippen LogP contribution is 2.23. The zero-order valence-electron chi connectivity index (χ0n) is 14.6. The van der Waals surface area contributed by atoms with Gasteiger partial charge in [-0.15, -0.1) is 0 Å². The number of amides is 1. The molecule has 0 atom stereocenters. The average Bonchev–Trinajstić information content (AvgIpc) is 2.68. The molecule has 0 fully saturated rings.